The maximum Gasteiger partial charge on any atom is 0.280 e. The third-order valence-corrected chi connectivity index (χ3v) is 6.33. The number of hydroxylamine groups is 1. The Morgan fingerprint density at radius 1 is 1.08 bits per heavy atom. The maximum absolute atomic E-state index is 13.2. The summed E-state index contributed by atoms with van der Waals surface area (Å²) >= 11 is 0. The van der Waals surface area contributed by atoms with Crippen molar-refractivity contribution in [3.05, 3.63) is 94.4 Å². The van der Waals surface area contributed by atoms with Crippen molar-refractivity contribution in [2.45, 2.75) is 19.3 Å². The van der Waals surface area contributed by atoms with Crippen molar-refractivity contribution in [3.63, 3.8) is 0 Å². The molecule has 3 heterocycles. The van der Waals surface area contributed by atoms with Gasteiger partial charge in [0, 0.05) is 23.8 Å². The lowest BCUT2D eigenvalue weighted by Gasteiger charge is -2.15. The van der Waals surface area contributed by atoms with Crippen molar-refractivity contribution >= 4 is 28.6 Å². The molecule has 0 spiro atoms. The Bertz CT molecular complexity index is 1690. The largest absolute Gasteiger partial charge is 0.324 e. The molecule has 184 valence electrons. The first-order valence-electron chi connectivity index (χ1n) is 11.7. The minimum absolute atomic E-state index is 0.0697. The quantitative estimate of drug-likeness (QED) is 0.345. The second-order valence-corrected chi connectivity index (χ2v) is 8.63. The molecule has 0 unspecified atom stereocenters. The Balaban J connectivity index is 1.47. The normalized spacial score (nSPS) is 12.5. The minimum atomic E-state index is -0.642. The van der Waals surface area contributed by atoms with Crippen molar-refractivity contribution in [2.75, 3.05) is 12.4 Å². The molecule has 0 saturated heterocycles. The van der Waals surface area contributed by atoms with E-state index in [0.717, 1.165) is 36.3 Å². The van der Waals surface area contributed by atoms with Gasteiger partial charge < -0.3 is 9.88 Å². The molecule has 0 fully saturated rings. The molecule has 0 atom stereocenters. The standard InChI is InChI=1S/C26H22N8O3/c1-37-32-25(36)22-13-33(19-9-8-16-4-2-5-17(16)10-19)24-21(23(22)35)12-28-26(31-24)30-18-6-3-7-20(11-18)34-15-27-14-29-34/h3,6-15H,2,4-5H2,1H3,(H,32,36)(H,28,30,31). The number of nitrogens with one attached hydrogen (secondary N) is 2. The molecule has 0 saturated carbocycles. The minimum Gasteiger partial charge on any atom is -0.324 e. The number of hydrogen-bond acceptors (Lipinski definition) is 8. The van der Waals surface area contributed by atoms with Gasteiger partial charge in [-0.3, -0.25) is 14.4 Å². The topological polar surface area (TPSA) is 129 Å². The smallest absolute Gasteiger partial charge is 0.280 e. The molecule has 3 aromatic heterocycles. The molecule has 1 aliphatic carbocycles. The van der Waals surface area contributed by atoms with Crippen molar-refractivity contribution in [1.29, 1.82) is 0 Å². The van der Waals surface area contributed by atoms with Crippen LogP contribution < -0.4 is 16.2 Å². The molecule has 11 heteroatoms. The van der Waals surface area contributed by atoms with Gasteiger partial charge in [0.2, 0.25) is 11.4 Å². The summed E-state index contributed by atoms with van der Waals surface area (Å²) in [7, 11) is 1.32. The maximum atomic E-state index is 13.2. The number of aryl methyl sites for hydroxylation is 2. The van der Waals surface area contributed by atoms with Crippen molar-refractivity contribution < 1.29 is 9.63 Å². The van der Waals surface area contributed by atoms with Crippen LogP contribution >= 0.6 is 0 Å². The zero-order chi connectivity index (χ0) is 25.4. The monoisotopic (exact) mass is 494 g/mol. The second kappa shape index (κ2) is 9.28. The van der Waals surface area contributed by atoms with E-state index >= 15 is 0 Å². The molecule has 5 aromatic rings. The fourth-order valence-electron chi connectivity index (χ4n) is 4.58. The summed E-state index contributed by atoms with van der Waals surface area (Å²) in [5.41, 5.74) is 6.97. The molecule has 0 bridgehead atoms. The third-order valence-electron chi connectivity index (χ3n) is 6.33. The van der Waals surface area contributed by atoms with E-state index in [1.165, 1.54) is 37.0 Å². The highest BCUT2D eigenvalue weighted by atomic mass is 16.6. The molecule has 1 amide bonds. The number of amides is 1. The summed E-state index contributed by atoms with van der Waals surface area (Å²) in [5.74, 6) is -0.344. The molecule has 1 aliphatic rings. The van der Waals surface area contributed by atoms with E-state index in [-0.39, 0.29) is 10.9 Å². The van der Waals surface area contributed by atoms with Crippen molar-refractivity contribution in [3.8, 4) is 11.4 Å². The van der Waals surface area contributed by atoms with Gasteiger partial charge in [-0.1, -0.05) is 12.1 Å². The van der Waals surface area contributed by atoms with Crippen LogP contribution in [0, 0.1) is 0 Å². The van der Waals surface area contributed by atoms with Crippen LogP contribution in [0.2, 0.25) is 0 Å². The summed E-state index contributed by atoms with van der Waals surface area (Å²) in [6, 6.07) is 13.7. The number of fused-ring (bicyclic) bond motifs is 2. The van der Waals surface area contributed by atoms with E-state index in [1.807, 2.05) is 30.3 Å². The van der Waals surface area contributed by atoms with Crippen molar-refractivity contribution in [2.24, 2.45) is 0 Å². The highest BCUT2D eigenvalue weighted by Crippen LogP contribution is 2.26. The Hall–Kier alpha value is -4.90. The zero-order valence-corrected chi connectivity index (χ0v) is 19.9. The fraction of sp³-hybridized carbons (Fsp3) is 0.154. The Kier molecular flexibility index (Phi) is 5.66. The SMILES string of the molecule is CONC(=O)c1cn(-c2ccc3c(c2)CCC3)c2nc(Nc3cccc(-n4cncn4)c3)ncc2c1=O. The number of carbonyl (C=O) groups is 1. The van der Waals surface area contributed by atoms with Crippen LogP contribution in [0.4, 0.5) is 11.6 Å². The Morgan fingerprint density at radius 3 is 2.81 bits per heavy atom. The summed E-state index contributed by atoms with van der Waals surface area (Å²) in [6.45, 7) is 0. The number of pyridine rings is 1. The number of hydrogen-bond donors (Lipinski definition) is 2. The van der Waals surface area contributed by atoms with Crippen LogP contribution in [0.3, 0.4) is 0 Å². The van der Waals surface area contributed by atoms with Gasteiger partial charge in [0.1, 0.15) is 18.2 Å². The fourth-order valence-corrected chi connectivity index (χ4v) is 4.58. The van der Waals surface area contributed by atoms with Crippen LogP contribution in [0.15, 0.2) is 72.3 Å². The summed E-state index contributed by atoms with van der Waals surface area (Å²) in [5, 5.41) is 7.57. The van der Waals surface area contributed by atoms with E-state index in [2.05, 4.69) is 43.0 Å². The zero-order valence-electron chi connectivity index (χ0n) is 19.9. The van der Waals surface area contributed by atoms with E-state index in [4.69, 9.17) is 4.84 Å². The first-order valence-corrected chi connectivity index (χ1v) is 11.7. The number of nitrogens with zero attached hydrogens (tertiary/aromatic N) is 6. The third kappa shape index (κ3) is 4.21. The Labute approximate surface area is 210 Å². The molecular weight excluding hydrogens is 472 g/mol. The van der Waals surface area contributed by atoms with Gasteiger partial charge in [-0.25, -0.2) is 20.1 Å². The number of carbonyl (C=O) groups excluding carboxylic acids is 1. The van der Waals surface area contributed by atoms with Gasteiger partial charge in [-0.15, -0.1) is 0 Å². The number of aromatic nitrogens is 6. The molecule has 11 nitrogen and oxygen atoms in total. The molecule has 37 heavy (non-hydrogen) atoms. The summed E-state index contributed by atoms with van der Waals surface area (Å²) in [6.07, 6.45) is 9.15. The van der Waals surface area contributed by atoms with Crippen LogP contribution in [-0.4, -0.2) is 42.3 Å². The molecule has 2 N–H and O–H groups in total. The highest BCUT2D eigenvalue weighted by molar-refractivity contribution is 5.96. The number of anilines is 2. The molecule has 2 aromatic carbocycles. The predicted molar refractivity (Wildman–Crippen MR) is 136 cm³/mol. The van der Waals surface area contributed by atoms with Crippen LogP contribution in [-0.2, 0) is 17.7 Å². The van der Waals surface area contributed by atoms with E-state index in [0.29, 0.717) is 11.6 Å². The van der Waals surface area contributed by atoms with Gasteiger partial charge in [-0.05, 0) is 60.7 Å². The Morgan fingerprint density at radius 2 is 1.97 bits per heavy atom. The van der Waals surface area contributed by atoms with Gasteiger partial charge in [0.15, 0.2) is 5.65 Å². The second-order valence-electron chi connectivity index (χ2n) is 8.63. The van der Waals surface area contributed by atoms with E-state index in [1.54, 1.807) is 15.6 Å². The number of benzene rings is 2. The van der Waals surface area contributed by atoms with E-state index in [9.17, 15) is 9.59 Å². The van der Waals surface area contributed by atoms with Crippen LogP contribution in [0.1, 0.15) is 27.9 Å². The van der Waals surface area contributed by atoms with Crippen LogP contribution in [0.25, 0.3) is 22.4 Å². The van der Waals surface area contributed by atoms with Gasteiger partial charge in [-0.2, -0.15) is 10.1 Å². The van der Waals surface area contributed by atoms with Gasteiger partial charge in [0.25, 0.3) is 5.91 Å². The number of rotatable bonds is 6. The molecule has 0 radical (unpaired) electrons. The van der Waals surface area contributed by atoms with E-state index < -0.39 is 11.3 Å². The highest BCUT2D eigenvalue weighted by Gasteiger charge is 2.19. The van der Waals surface area contributed by atoms with Gasteiger partial charge >= 0.3 is 0 Å². The predicted octanol–water partition coefficient (Wildman–Crippen LogP) is 2.88. The van der Waals surface area contributed by atoms with Gasteiger partial charge in [0.05, 0.1) is 18.2 Å². The average Bonchev–Trinajstić information content (AvgIpc) is 3.61. The first kappa shape index (κ1) is 22.6. The average molecular weight is 495 g/mol. The molecular formula is C26H22N8O3. The van der Waals surface area contributed by atoms with Crippen molar-refractivity contribution in [1.82, 2.24) is 34.8 Å². The lowest BCUT2D eigenvalue weighted by molar-refractivity contribution is 0.0536. The summed E-state index contributed by atoms with van der Waals surface area (Å²) < 4.78 is 3.39. The molecule has 0 aliphatic heterocycles. The lowest BCUT2D eigenvalue weighted by Crippen LogP contribution is -2.29. The van der Waals surface area contributed by atoms with Crippen LogP contribution in [0.5, 0.6) is 0 Å². The first-order chi connectivity index (χ1) is 18.1. The molecule has 6 rings (SSSR count). The summed E-state index contributed by atoms with van der Waals surface area (Å²) in [4.78, 5) is 43.6. The lowest BCUT2D eigenvalue weighted by atomic mass is 10.1.